The molecule has 2 bridgehead atoms. The van der Waals surface area contributed by atoms with Gasteiger partial charge in [0.2, 0.25) is 5.91 Å². The van der Waals surface area contributed by atoms with E-state index in [-0.39, 0.29) is 18.3 Å². The summed E-state index contributed by atoms with van der Waals surface area (Å²) in [5.74, 6) is 1.41. The van der Waals surface area contributed by atoms with Gasteiger partial charge >= 0.3 is 0 Å². The maximum Gasteiger partial charge on any atom is 0.224 e. The summed E-state index contributed by atoms with van der Waals surface area (Å²) in [6.07, 6.45) is 5.47. The third kappa shape index (κ3) is 4.11. The standard InChI is InChI=1S/C16H22N2O2.ClH/c1-20-15-4-2-3-12(10-15)18-16(19)9-11-7-13-5-6-14(8-11)17-13;/h2-4,10-11,13-14,17H,5-9H2,1H3,(H,18,19);1H. The van der Waals surface area contributed by atoms with Gasteiger partial charge in [-0.3, -0.25) is 4.79 Å². The van der Waals surface area contributed by atoms with E-state index in [1.807, 2.05) is 24.3 Å². The predicted octanol–water partition coefficient (Wildman–Crippen LogP) is 2.98. The fourth-order valence-electron chi connectivity index (χ4n) is 3.52. The van der Waals surface area contributed by atoms with Crippen molar-refractivity contribution in [2.75, 3.05) is 12.4 Å². The summed E-state index contributed by atoms with van der Waals surface area (Å²) in [6.45, 7) is 0. The molecule has 1 aromatic rings. The van der Waals surface area contributed by atoms with E-state index < -0.39 is 0 Å². The van der Waals surface area contributed by atoms with E-state index in [4.69, 9.17) is 4.74 Å². The second kappa shape index (κ2) is 7.14. The molecule has 2 fully saturated rings. The average Bonchev–Trinajstić information content (AvgIpc) is 2.78. The third-order valence-electron chi connectivity index (χ3n) is 4.40. The molecule has 2 atom stereocenters. The number of ether oxygens (including phenoxy) is 1. The highest BCUT2D eigenvalue weighted by Crippen LogP contribution is 2.32. The zero-order valence-electron chi connectivity index (χ0n) is 12.3. The lowest BCUT2D eigenvalue weighted by molar-refractivity contribution is -0.117. The number of benzene rings is 1. The molecule has 0 spiro atoms. The maximum atomic E-state index is 12.1. The lowest BCUT2D eigenvalue weighted by Crippen LogP contribution is -2.39. The fraction of sp³-hybridized carbons (Fsp3) is 0.562. The van der Waals surface area contributed by atoms with Crippen LogP contribution in [0.1, 0.15) is 32.1 Å². The Bertz CT molecular complexity index is 483. The molecule has 2 aliphatic rings. The number of hydrogen-bond acceptors (Lipinski definition) is 3. The van der Waals surface area contributed by atoms with Crippen LogP contribution in [0.2, 0.25) is 0 Å². The number of carbonyl (C=O) groups is 1. The molecule has 0 radical (unpaired) electrons. The Balaban J connectivity index is 0.00000161. The maximum absolute atomic E-state index is 12.1. The second-order valence-corrected chi connectivity index (χ2v) is 5.96. The minimum atomic E-state index is 0. The molecule has 0 saturated carbocycles. The molecular formula is C16H23ClN2O2. The van der Waals surface area contributed by atoms with E-state index >= 15 is 0 Å². The zero-order chi connectivity index (χ0) is 13.9. The minimum absolute atomic E-state index is 0. The summed E-state index contributed by atoms with van der Waals surface area (Å²) in [4.78, 5) is 12.1. The first-order valence-electron chi connectivity index (χ1n) is 7.43. The number of carbonyl (C=O) groups excluding carboxylic acids is 1. The van der Waals surface area contributed by atoms with Gasteiger partial charge in [0.15, 0.2) is 0 Å². The monoisotopic (exact) mass is 310 g/mol. The van der Waals surface area contributed by atoms with Crippen molar-refractivity contribution >= 4 is 24.0 Å². The van der Waals surface area contributed by atoms with Crippen LogP contribution in [0.5, 0.6) is 5.75 Å². The molecule has 0 aliphatic carbocycles. The summed E-state index contributed by atoms with van der Waals surface area (Å²) in [5, 5.41) is 6.58. The first kappa shape index (κ1) is 16.1. The number of rotatable bonds is 4. The van der Waals surface area contributed by atoms with Crippen molar-refractivity contribution in [2.45, 2.75) is 44.2 Å². The molecule has 3 rings (SSSR count). The van der Waals surface area contributed by atoms with Crippen LogP contribution in [0.3, 0.4) is 0 Å². The van der Waals surface area contributed by atoms with Crippen molar-refractivity contribution in [1.29, 1.82) is 0 Å². The van der Waals surface area contributed by atoms with Crippen LogP contribution in [0.25, 0.3) is 0 Å². The van der Waals surface area contributed by atoms with Crippen LogP contribution in [0.4, 0.5) is 5.69 Å². The Hall–Kier alpha value is -1.26. The molecule has 2 heterocycles. The van der Waals surface area contributed by atoms with E-state index in [1.165, 1.54) is 12.8 Å². The number of nitrogens with one attached hydrogen (secondary N) is 2. The van der Waals surface area contributed by atoms with Crippen LogP contribution in [-0.2, 0) is 4.79 Å². The Kier molecular flexibility index (Phi) is 5.48. The lowest BCUT2D eigenvalue weighted by atomic mass is 9.89. The van der Waals surface area contributed by atoms with Crippen LogP contribution in [0, 0.1) is 5.92 Å². The number of hydrogen-bond donors (Lipinski definition) is 2. The van der Waals surface area contributed by atoms with Gasteiger partial charge in [0.25, 0.3) is 0 Å². The first-order valence-corrected chi connectivity index (χ1v) is 7.43. The van der Waals surface area contributed by atoms with Gasteiger partial charge in [-0.2, -0.15) is 0 Å². The van der Waals surface area contributed by atoms with E-state index in [2.05, 4.69) is 10.6 Å². The minimum Gasteiger partial charge on any atom is -0.497 e. The van der Waals surface area contributed by atoms with E-state index in [1.54, 1.807) is 7.11 Å². The van der Waals surface area contributed by atoms with Crippen LogP contribution in [0.15, 0.2) is 24.3 Å². The van der Waals surface area contributed by atoms with Crippen LogP contribution < -0.4 is 15.4 Å². The van der Waals surface area contributed by atoms with Crippen LogP contribution in [-0.4, -0.2) is 25.1 Å². The van der Waals surface area contributed by atoms with Crippen molar-refractivity contribution in [1.82, 2.24) is 5.32 Å². The molecule has 4 nitrogen and oxygen atoms in total. The van der Waals surface area contributed by atoms with Gasteiger partial charge in [0.1, 0.15) is 5.75 Å². The van der Waals surface area contributed by atoms with Gasteiger partial charge in [-0.1, -0.05) is 6.07 Å². The summed E-state index contributed by atoms with van der Waals surface area (Å²) in [5.41, 5.74) is 0.811. The zero-order valence-corrected chi connectivity index (χ0v) is 13.1. The van der Waals surface area contributed by atoms with Crippen molar-refractivity contribution in [3.8, 4) is 5.75 Å². The second-order valence-electron chi connectivity index (χ2n) is 5.96. The highest BCUT2D eigenvalue weighted by atomic mass is 35.5. The summed E-state index contributed by atoms with van der Waals surface area (Å²) < 4.78 is 5.16. The Morgan fingerprint density at radius 1 is 1.33 bits per heavy atom. The number of fused-ring (bicyclic) bond motifs is 2. The number of anilines is 1. The number of methoxy groups -OCH3 is 1. The van der Waals surface area contributed by atoms with Crippen molar-refractivity contribution in [2.24, 2.45) is 5.92 Å². The molecule has 2 N–H and O–H groups in total. The number of halogens is 1. The van der Waals surface area contributed by atoms with Crippen molar-refractivity contribution in [3.05, 3.63) is 24.3 Å². The lowest BCUT2D eigenvalue weighted by Gasteiger charge is -2.28. The topological polar surface area (TPSA) is 50.4 Å². The van der Waals surface area contributed by atoms with Gasteiger partial charge in [0.05, 0.1) is 7.11 Å². The van der Waals surface area contributed by atoms with Gasteiger partial charge in [-0.15, -0.1) is 12.4 Å². The Morgan fingerprint density at radius 2 is 2.05 bits per heavy atom. The molecule has 1 amide bonds. The summed E-state index contributed by atoms with van der Waals surface area (Å²) in [7, 11) is 1.63. The Labute approximate surface area is 132 Å². The quantitative estimate of drug-likeness (QED) is 0.899. The fourth-order valence-corrected chi connectivity index (χ4v) is 3.52. The molecule has 116 valence electrons. The highest BCUT2D eigenvalue weighted by Gasteiger charge is 2.34. The summed E-state index contributed by atoms with van der Waals surface area (Å²) >= 11 is 0. The van der Waals surface area contributed by atoms with Gasteiger partial charge in [-0.25, -0.2) is 0 Å². The van der Waals surface area contributed by atoms with Gasteiger partial charge in [0, 0.05) is 30.3 Å². The largest absolute Gasteiger partial charge is 0.497 e. The molecule has 2 unspecified atom stereocenters. The molecule has 2 aliphatic heterocycles. The SMILES string of the molecule is COc1cccc(NC(=O)CC2CC3CCC(C2)N3)c1.Cl. The molecule has 0 aromatic heterocycles. The third-order valence-corrected chi connectivity index (χ3v) is 4.40. The van der Waals surface area contributed by atoms with Crippen molar-refractivity contribution < 1.29 is 9.53 Å². The molecule has 1 aromatic carbocycles. The van der Waals surface area contributed by atoms with E-state index in [0.29, 0.717) is 24.4 Å². The normalized spacial score (nSPS) is 26.8. The van der Waals surface area contributed by atoms with Crippen molar-refractivity contribution in [3.63, 3.8) is 0 Å². The van der Waals surface area contributed by atoms with Gasteiger partial charge in [-0.05, 0) is 43.7 Å². The van der Waals surface area contributed by atoms with Crippen LogP contribution >= 0.6 is 12.4 Å². The van der Waals surface area contributed by atoms with E-state index in [0.717, 1.165) is 24.3 Å². The molecule has 2 saturated heterocycles. The molecule has 21 heavy (non-hydrogen) atoms. The smallest absolute Gasteiger partial charge is 0.224 e. The highest BCUT2D eigenvalue weighted by molar-refractivity contribution is 5.91. The summed E-state index contributed by atoms with van der Waals surface area (Å²) in [6, 6.07) is 8.79. The first-order chi connectivity index (χ1) is 9.72. The van der Waals surface area contributed by atoms with E-state index in [9.17, 15) is 4.79 Å². The number of piperidine rings is 1. The average molecular weight is 311 g/mol. The Morgan fingerprint density at radius 3 is 2.71 bits per heavy atom. The predicted molar refractivity (Wildman–Crippen MR) is 86.2 cm³/mol. The molecule has 5 heteroatoms. The molecular weight excluding hydrogens is 288 g/mol. The van der Waals surface area contributed by atoms with Gasteiger partial charge < -0.3 is 15.4 Å². The number of amides is 1.